The molecule has 0 bridgehead atoms. The van der Waals surface area contributed by atoms with Gasteiger partial charge in [0.1, 0.15) is 11.2 Å². The highest BCUT2D eigenvalue weighted by Gasteiger charge is 2.17. The standard InChI is InChI=1S/C13H15N3O2/c1-13(2,3)10(17)7-9-12(18)16-11-8(15-9)5-4-6-14-11/h4-7,17H,1-3H3,(H,14,16,18)/b10-7-. The van der Waals surface area contributed by atoms with E-state index in [1.54, 1.807) is 18.3 Å². The molecule has 0 saturated carbocycles. The molecule has 0 fully saturated rings. The summed E-state index contributed by atoms with van der Waals surface area (Å²) in [5, 5.41) is 9.89. The quantitative estimate of drug-likeness (QED) is 0.755. The number of aliphatic hydroxyl groups excluding tert-OH is 1. The van der Waals surface area contributed by atoms with Crippen LogP contribution < -0.4 is 5.56 Å². The van der Waals surface area contributed by atoms with Crippen LogP contribution in [0.5, 0.6) is 0 Å². The van der Waals surface area contributed by atoms with E-state index < -0.39 is 5.41 Å². The Bertz CT molecular complexity index is 666. The lowest BCUT2D eigenvalue weighted by Gasteiger charge is -2.16. The molecule has 0 aromatic carbocycles. The first-order valence-electron chi connectivity index (χ1n) is 5.64. The molecular weight excluding hydrogens is 230 g/mol. The number of nitrogens with zero attached hydrogens (tertiary/aromatic N) is 2. The fourth-order valence-corrected chi connectivity index (χ4v) is 1.38. The van der Waals surface area contributed by atoms with Crippen LogP contribution in [0.1, 0.15) is 26.5 Å². The Balaban J connectivity index is 2.59. The molecule has 0 radical (unpaired) electrons. The van der Waals surface area contributed by atoms with Crippen LogP contribution in [-0.4, -0.2) is 20.1 Å². The Morgan fingerprint density at radius 3 is 2.83 bits per heavy atom. The molecule has 0 unspecified atom stereocenters. The van der Waals surface area contributed by atoms with E-state index >= 15 is 0 Å². The number of hydrogen-bond donors (Lipinski definition) is 2. The molecule has 0 aliphatic heterocycles. The first-order chi connectivity index (χ1) is 8.38. The smallest absolute Gasteiger partial charge is 0.275 e. The van der Waals surface area contributed by atoms with E-state index in [1.165, 1.54) is 6.08 Å². The zero-order valence-electron chi connectivity index (χ0n) is 10.6. The monoisotopic (exact) mass is 245 g/mol. The third kappa shape index (κ3) is 2.40. The molecule has 2 N–H and O–H groups in total. The molecule has 0 saturated heterocycles. The summed E-state index contributed by atoms with van der Waals surface area (Å²) in [4.78, 5) is 22.6. The van der Waals surface area contributed by atoms with Crippen LogP contribution in [0.2, 0.25) is 0 Å². The summed E-state index contributed by atoms with van der Waals surface area (Å²) in [6, 6.07) is 3.49. The first-order valence-corrected chi connectivity index (χ1v) is 5.64. The zero-order chi connectivity index (χ0) is 13.3. The molecule has 0 aliphatic rings. The van der Waals surface area contributed by atoms with E-state index in [0.717, 1.165) is 0 Å². The molecule has 0 spiro atoms. The SMILES string of the molecule is CC(C)(C)/C(O)=C/c1nc2cccnc2[nH]c1=O. The molecule has 0 amide bonds. The normalized spacial score (nSPS) is 12.9. The van der Waals surface area contributed by atoms with Gasteiger partial charge in [0.05, 0.1) is 5.76 Å². The van der Waals surface area contributed by atoms with Crippen LogP contribution in [0.25, 0.3) is 17.2 Å². The molecule has 2 aromatic heterocycles. The number of fused-ring (bicyclic) bond motifs is 1. The molecule has 0 aliphatic carbocycles. The number of H-pyrrole nitrogens is 1. The minimum Gasteiger partial charge on any atom is -0.512 e. The van der Waals surface area contributed by atoms with Gasteiger partial charge in [0.15, 0.2) is 5.65 Å². The maximum absolute atomic E-state index is 11.8. The van der Waals surface area contributed by atoms with E-state index in [1.807, 2.05) is 20.8 Å². The topological polar surface area (TPSA) is 78.9 Å². The molecule has 5 heteroatoms. The van der Waals surface area contributed by atoms with E-state index in [4.69, 9.17) is 0 Å². The largest absolute Gasteiger partial charge is 0.512 e. The van der Waals surface area contributed by atoms with Crippen molar-refractivity contribution < 1.29 is 5.11 Å². The average molecular weight is 245 g/mol. The lowest BCUT2D eigenvalue weighted by molar-refractivity contribution is 0.282. The summed E-state index contributed by atoms with van der Waals surface area (Å²) in [5.41, 5.74) is 0.428. The number of aliphatic hydroxyl groups is 1. The molecular formula is C13H15N3O2. The third-order valence-electron chi connectivity index (χ3n) is 2.53. The maximum Gasteiger partial charge on any atom is 0.275 e. The van der Waals surface area contributed by atoms with Gasteiger partial charge in [-0.15, -0.1) is 0 Å². The summed E-state index contributed by atoms with van der Waals surface area (Å²) < 4.78 is 0. The molecule has 0 atom stereocenters. The van der Waals surface area contributed by atoms with Gasteiger partial charge in [-0.3, -0.25) is 4.79 Å². The van der Waals surface area contributed by atoms with Crippen LogP contribution in [0, 0.1) is 5.41 Å². The van der Waals surface area contributed by atoms with Crippen LogP contribution in [0.4, 0.5) is 0 Å². The molecule has 2 heterocycles. The van der Waals surface area contributed by atoms with Crippen molar-refractivity contribution in [1.29, 1.82) is 0 Å². The van der Waals surface area contributed by atoms with Gasteiger partial charge in [0, 0.05) is 17.7 Å². The van der Waals surface area contributed by atoms with Crippen molar-refractivity contribution in [3.63, 3.8) is 0 Å². The molecule has 18 heavy (non-hydrogen) atoms. The highest BCUT2D eigenvalue weighted by molar-refractivity contribution is 5.70. The van der Waals surface area contributed by atoms with Crippen molar-refractivity contribution in [2.24, 2.45) is 5.41 Å². The number of hydrogen-bond acceptors (Lipinski definition) is 4. The van der Waals surface area contributed by atoms with Crippen molar-refractivity contribution in [1.82, 2.24) is 15.0 Å². The van der Waals surface area contributed by atoms with Gasteiger partial charge in [-0.2, -0.15) is 0 Å². The van der Waals surface area contributed by atoms with Crippen molar-refractivity contribution in [3.8, 4) is 0 Å². The summed E-state index contributed by atoms with van der Waals surface area (Å²) in [7, 11) is 0. The Hall–Kier alpha value is -2.17. The summed E-state index contributed by atoms with van der Waals surface area (Å²) >= 11 is 0. The first kappa shape index (κ1) is 12.3. The van der Waals surface area contributed by atoms with Gasteiger partial charge < -0.3 is 10.1 Å². The Morgan fingerprint density at radius 1 is 1.44 bits per heavy atom. The molecule has 2 rings (SSSR count). The van der Waals surface area contributed by atoms with Gasteiger partial charge >= 0.3 is 0 Å². The Morgan fingerprint density at radius 2 is 2.17 bits per heavy atom. The van der Waals surface area contributed by atoms with E-state index in [0.29, 0.717) is 11.2 Å². The molecule has 5 nitrogen and oxygen atoms in total. The lowest BCUT2D eigenvalue weighted by Crippen LogP contribution is -2.15. The van der Waals surface area contributed by atoms with E-state index in [2.05, 4.69) is 15.0 Å². The minimum atomic E-state index is -0.419. The summed E-state index contributed by atoms with van der Waals surface area (Å²) in [5.74, 6) is 0.115. The second-order valence-electron chi connectivity index (χ2n) is 5.10. The highest BCUT2D eigenvalue weighted by Crippen LogP contribution is 2.23. The van der Waals surface area contributed by atoms with Gasteiger partial charge in [-0.1, -0.05) is 20.8 Å². The van der Waals surface area contributed by atoms with Crippen LogP contribution >= 0.6 is 0 Å². The van der Waals surface area contributed by atoms with Crippen LogP contribution in [0.15, 0.2) is 28.9 Å². The number of rotatable bonds is 1. The maximum atomic E-state index is 11.8. The third-order valence-corrected chi connectivity index (χ3v) is 2.53. The minimum absolute atomic E-state index is 0.115. The number of allylic oxidation sites excluding steroid dienone is 1. The van der Waals surface area contributed by atoms with Crippen molar-refractivity contribution in [2.75, 3.05) is 0 Å². The fraction of sp³-hybridized carbons (Fsp3) is 0.308. The van der Waals surface area contributed by atoms with Gasteiger partial charge in [0.25, 0.3) is 5.56 Å². The fourth-order valence-electron chi connectivity index (χ4n) is 1.38. The predicted octanol–water partition coefficient (Wildman–Crippen LogP) is 2.26. The number of nitrogens with one attached hydrogen (secondary N) is 1. The number of aromatic nitrogens is 3. The summed E-state index contributed by atoms with van der Waals surface area (Å²) in [6.07, 6.45) is 2.98. The van der Waals surface area contributed by atoms with Gasteiger partial charge in [-0.25, -0.2) is 9.97 Å². The summed E-state index contributed by atoms with van der Waals surface area (Å²) in [6.45, 7) is 5.57. The van der Waals surface area contributed by atoms with Crippen LogP contribution in [0.3, 0.4) is 0 Å². The van der Waals surface area contributed by atoms with E-state index in [9.17, 15) is 9.90 Å². The van der Waals surface area contributed by atoms with Crippen molar-refractivity contribution in [3.05, 3.63) is 40.1 Å². The number of pyridine rings is 1. The molecule has 94 valence electrons. The van der Waals surface area contributed by atoms with E-state index in [-0.39, 0.29) is 17.0 Å². The molecule has 2 aromatic rings. The second kappa shape index (κ2) is 4.25. The van der Waals surface area contributed by atoms with Gasteiger partial charge in [0.2, 0.25) is 0 Å². The Kier molecular flexibility index (Phi) is 2.90. The zero-order valence-corrected chi connectivity index (χ0v) is 10.6. The highest BCUT2D eigenvalue weighted by atomic mass is 16.3. The van der Waals surface area contributed by atoms with Crippen molar-refractivity contribution in [2.45, 2.75) is 20.8 Å². The second-order valence-corrected chi connectivity index (χ2v) is 5.10. The van der Waals surface area contributed by atoms with Gasteiger partial charge in [-0.05, 0) is 12.1 Å². The number of aromatic amines is 1. The van der Waals surface area contributed by atoms with Crippen LogP contribution in [-0.2, 0) is 0 Å². The lowest BCUT2D eigenvalue weighted by atomic mass is 9.93. The Labute approximate surface area is 104 Å². The average Bonchev–Trinajstić information content (AvgIpc) is 2.28. The predicted molar refractivity (Wildman–Crippen MR) is 70.2 cm³/mol. The van der Waals surface area contributed by atoms with Crippen molar-refractivity contribution >= 4 is 17.2 Å².